The van der Waals surface area contributed by atoms with Gasteiger partial charge in [0.05, 0.1) is 12.2 Å². The van der Waals surface area contributed by atoms with Crippen molar-refractivity contribution in [2.45, 2.75) is 52.4 Å². The molecule has 2 N–H and O–H groups in total. The van der Waals surface area contributed by atoms with Gasteiger partial charge in [0.1, 0.15) is 5.76 Å². The maximum Gasteiger partial charge on any atom is 0.320 e. The zero-order valence-corrected chi connectivity index (χ0v) is 14.0. The van der Waals surface area contributed by atoms with Crippen molar-refractivity contribution in [3.63, 3.8) is 0 Å². The number of morpholine rings is 1. The Morgan fingerprint density at radius 1 is 1.41 bits per heavy atom. The van der Waals surface area contributed by atoms with E-state index < -0.39 is 0 Å². The Bertz CT molecular complexity index is 505. The molecule has 22 heavy (non-hydrogen) atoms. The number of hydrogen-bond acceptors (Lipinski definition) is 5. The maximum atomic E-state index is 11.9. The van der Waals surface area contributed by atoms with Crippen LogP contribution in [0.5, 0.6) is 0 Å². The Balaban J connectivity index is 1.84. The minimum absolute atomic E-state index is 0.149. The highest BCUT2D eigenvalue weighted by atomic mass is 16.5. The van der Waals surface area contributed by atoms with E-state index in [9.17, 15) is 4.79 Å². The van der Waals surface area contributed by atoms with Crippen LogP contribution in [0, 0.1) is 6.92 Å². The molecular weight excluding hydrogens is 284 g/mol. The first kappa shape index (κ1) is 16.8. The van der Waals surface area contributed by atoms with Crippen LogP contribution in [-0.2, 0) is 4.74 Å². The molecule has 1 fully saturated rings. The summed E-state index contributed by atoms with van der Waals surface area (Å²) < 4.78 is 10.7. The van der Waals surface area contributed by atoms with Crippen molar-refractivity contribution >= 4 is 11.8 Å². The van der Waals surface area contributed by atoms with Gasteiger partial charge in [0, 0.05) is 31.2 Å². The zero-order chi connectivity index (χ0) is 16.3. The number of hydrogen-bond donors (Lipinski definition) is 2. The molecule has 1 aromatic heterocycles. The van der Waals surface area contributed by atoms with Gasteiger partial charge in [0.25, 0.3) is 0 Å². The van der Waals surface area contributed by atoms with Crippen molar-refractivity contribution in [1.82, 2.24) is 15.4 Å². The summed E-state index contributed by atoms with van der Waals surface area (Å²) in [5.74, 6) is 1.08. The van der Waals surface area contributed by atoms with Gasteiger partial charge in [-0.1, -0.05) is 5.16 Å². The third kappa shape index (κ3) is 4.45. The molecule has 0 saturated carbocycles. The molecule has 7 heteroatoms. The minimum Gasteiger partial charge on any atom is -0.373 e. The van der Waals surface area contributed by atoms with E-state index in [1.165, 1.54) is 0 Å². The van der Waals surface area contributed by atoms with Gasteiger partial charge in [-0.05, 0) is 34.6 Å². The summed E-state index contributed by atoms with van der Waals surface area (Å²) >= 11 is 0. The third-order valence-electron chi connectivity index (χ3n) is 3.83. The highest BCUT2D eigenvalue weighted by Gasteiger charge is 2.33. The monoisotopic (exact) mass is 310 g/mol. The summed E-state index contributed by atoms with van der Waals surface area (Å²) in [6.07, 6.45) is 0.407. The first-order valence-corrected chi connectivity index (χ1v) is 7.65. The fourth-order valence-corrected chi connectivity index (χ4v) is 2.67. The molecule has 1 saturated heterocycles. The molecular formula is C15H26N4O3. The van der Waals surface area contributed by atoms with Crippen molar-refractivity contribution in [2.24, 2.45) is 0 Å². The van der Waals surface area contributed by atoms with Crippen LogP contribution in [0.2, 0.25) is 0 Å². The maximum absolute atomic E-state index is 11.9. The normalized spacial score (nSPS) is 23.3. The number of amides is 2. The van der Waals surface area contributed by atoms with Gasteiger partial charge in [0.15, 0.2) is 5.82 Å². The van der Waals surface area contributed by atoms with Gasteiger partial charge in [-0.15, -0.1) is 0 Å². The molecule has 2 rings (SSSR count). The number of rotatable bonds is 4. The lowest BCUT2D eigenvalue weighted by molar-refractivity contribution is -0.0947. The molecule has 2 heterocycles. The molecule has 1 aliphatic heterocycles. The molecule has 0 spiro atoms. The first-order chi connectivity index (χ1) is 10.3. The Morgan fingerprint density at radius 3 is 2.59 bits per heavy atom. The van der Waals surface area contributed by atoms with E-state index in [1.807, 2.05) is 0 Å². The number of nitrogens with one attached hydrogen (secondary N) is 2. The van der Waals surface area contributed by atoms with E-state index >= 15 is 0 Å². The van der Waals surface area contributed by atoms with E-state index in [-0.39, 0.29) is 23.8 Å². The standard InChI is InChI=1S/C15H26N4O3/c1-10-6-13(18-22-10)17-14(20)16-9-15(4,5)19-7-11(2)21-12(3)8-19/h6,11-12H,7-9H2,1-5H3,(H2,16,17,18,20)/t11-,12+. The van der Waals surface area contributed by atoms with Crippen molar-refractivity contribution in [2.75, 3.05) is 25.0 Å². The van der Waals surface area contributed by atoms with Crippen LogP contribution in [0.15, 0.2) is 10.6 Å². The first-order valence-electron chi connectivity index (χ1n) is 7.65. The lowest BCUT2D eigenvalue weighted by Gasteiger charge is -2.45. The molecule has 0 radical (unpaired) electrons. The number of anilines is 1. The van der Waals surface area contributed by atoms with E-state index in [4.69, 9.17) is 9.26 Å². The molecule has 2 atom stereocenters. The molecule has 124 valence electrons. The summed E-state index contributed by atoms with van der Waals surface area (Å²) in [7, 11) is 0. The van der Waals surface area contributed by atoms with Crippen molar-refractivity contribution in [3.05, 3.63) is 11.8 Å². The number of aryl methyl sites for hydroxylation is 1. The van der Waals surface area contributed by atoms with E-state index in [0.717, 1.165) is 13.1 Å². The van der Waals surface area contributed by atoms with Gasteiger partial charge in [-0.3, -0.25) is 10.2 Å². The molecule has 0 aromatic carbocycles. The largest absolute Gasteiger partial charge is 0.373 e. The van der Waals surface area contributed by atoms with Crippen LogP contribution in [0.3, 0.4) is 0 Å². The smallest absolute Gasteiger partial charge is 0.320 e. The van der Waals surface area contributed by atoms with E-state index in [2.05, 4.69) is 48.4 Å². The average Bonchev–Trinajstić information content (AvgIpc) is 2.81. The second kappa shape index (κ2) is 6.66. The highest BCUT2D eigenvalue weighted by molar-refractivity contribution is 5.88. The molecule has 0 unspecified atom stereocenters. The molecule has 2 amide bonds. The molecule has 0 aliphatic carbocycles. The van der Waals surface area contributed by atoms with Crippen LogP contribution in [0.1, 0.15) is 33.5 Å². The highest BCUT2D eigenvalue weighted by Crippen LogP contribution is 2.20. The van der Waals surface area contributed by atoms with Gasteiger partial charge in [0.2, 0.25) is 0 Å². The van der Waals surface area contributed by atoms with Crippen LogP contribution in [0.25, 0.3) is 0 Å². The fraction of sp³-hybridized carbons (Fsp3) is 0.733. The van der Waals surface area contributed by atoms with Gasteiger partial charge >= 0.3 is 6.03 Å². The predicted octanol–water partition coefficient (Wildman–Crippen LogP) is 1.99. The summed E-state index contributed by atoms with van der Waals surface area (Å²) in [4.78, 5) is 14.3. The Hall–Kier alpha value is -1.60. The van der Waals surface area contributed by atoms with Crippen LogP contribution in [0.4, 0.5) is 10.6 Å². The third-order valence-corrected chi connectivity index (χ3v) is 3.83. The second-order valence-electron chi connectivity index (χ2n) is 6.61. The number of ether oxygens (including phenoxy) is 1. The van der Waals surface area contributed by atoms with Gasteiger partial charge in [-0.25, -0.2) is 4.79 Å². The Kier molecular flexibility index (Phi) is 5.08. The summed E-state index contributed by atoms with van der Waals surface area (Å²) in [5, 5.41) is 9.29. The molecule has 7 nitrogen and oxygen atoms in total. The van der Waals surface area contributed by atoms with E-state index in [1.54, 1.807) is 13.0 Å². The molecule has 0 bridgehead atoms. The Morgan fingerprint density at radius 2 is 2.05 bits per heavy atom. The fourth-order valence-electron chi connectivity index (χ4n) is 2.67. The van der Waals surface area contributed by atoms with Crippen molar-refractivity contribution < 1.29 is 14.1 Å². The molecule has 1 aliphatic rings. The SMILES string of the molecule is Cc1cc(NC(=O)NCC(C)(C)N2C[C@@H](C)O[C@@H](C)C2)no1. The quantitative estimate of drug-likeness (QED) is 0.889. The second-order valence-corrected chi connectivity index (χ2v) is 6.61. The van der Waals surface area contributed by atoms with Gasteiger partial charge in [-0.2, -0.15) is 0 Å². The predicted molar refractivity (Wildman–Crippen MR) is 83.9 cm³/mol. The number of carbonyl (C=O) groups excluding carboxylic acids is 1. The lowest BCUT2D eigenvalue weighted by Crippen LogP contribution is -2.59. The van der Waals surface area contributed by atoms with Crippen LogP contribution >= 0.6 is 0 Å². The van der Waals surface area contributed by atoms with Crippen LogP contribution in [-0.4, -0.2) is 53.5 Å². The summed E-state index contributed by atoms with van der Waals surface area (Å²) in [6.45, 7) is 12.4. The zero-order valence-electron chi connectivity index (χ0n) is 14.0. The number of urea groups is 1. The summed E-state index contributed by atoms with van der Waals surface area (Å²) in [5.41, 5.74) is -0.149. The Labute approximate surface area is 131 Å². The topological polar surface area (TPSA) is 79.6 Å². The molecule has 1 aromatic rings. The number of aromatic nitrogens is 1. The van der Waals surface area contributed by atoms with Crippen molar-refractivity contribution in [1.29, 1.82) is 0 Å². The van der Waals surface area contributed by atoms with Crippen LogP contribution < -0.4 is 10.6 Å². The van der Waals surface area contributed by atoms with Crippen molar-refractivity contribution in [3.8, 4) is 0 Å². The average molecular weight is 310 g/mol. The number of carbonyl (C=O) groups is 1. The lowest BCUT2D eigenvalue weighted by atomic mass is 10.0. The minimum atomic E-state index is -0.282. The van der Waals surface area contributed by atoms with Gasteiger partial charge < -0.3 is 14.6 Å². The van der Waals surface area contributed by atoms with E-state index in [0.29, 0.717) is 18.1 Å². The number of nitrogens with zero attached hydrogens (tertiary/aromatic N) is 2. The summed E-state index contributed by atoms with van der Waals surface area (Å²) in [6, 6.07) is 1.39.